The molecule has 6 nitrogen and oxygen atoms in total. The zero-order chi connectivity index (χ0) is 13.9. The number of nitrogens with two attached hydrogens (primary N) is 1. The lowest BCUT2D eigenvalue weighted by Crippen LogP contribution is -2.51. The largest absolute Gasteiger partial charge is 0.480 e. The number of rotatable bonds is 5. The van der Waals surface area contributed by atoms with Crippen LogP contribution in [-0.4, -0.2) is 51.7 Å². The minimum atomic E-state index is -1.31. The van der Waals surface area contributed by atoms with Gasteiger partial charge in [0, 0.05) is 12.6 Å². The number of hydrogen-bond acceptors (Lipinski definition) is 4. The molecule has 1 rings (SSSR count). The van der Waals surface area contributed by atoms with E-state index in [1.165, 1.54) is 4.90 Å². The molecule has 0 radical (unpaired) electrons. The van der Waals surface area contributed by atoms with Crippen LogP contribution in [0.25, 0.3) is 0 Å². The van der Waals surface area contributed by atoms with Crippen LogP contribution in [0.15, 0.2) is 0 Å². The maximum Gasteiger partial charge on any atom is 0.326 e. The van der Waals surface area contributed by atoms with Crippen LogP contribution in [0.1, 0.15) is 33.1 Å². The first-order valence-electron chi connectivity index (χ1n) is 6.31. The van der Waals surface area contributed by atoms with Crippen LogP contribution in [0.3, 0.4) is 0 Å². The van der Waals surface area contributed by atoms with Crippen LogP contribution < -0.4 is 5.73 Å². The predicted molar refractivity (Wildman–Crippen MR) is 65.8 cm³/mol. The van der Waals surface area contributed by atoms with Crippen LogP contribution in [0.5, 0.6) is 0 Å². The fraction of sp³-hybridized carbons (Fsp3) is 0.833. The van der Waals surface area contributed by atoms with Crippen molar-refractivity contribution in [2.24, 2.45) is 11.7 Å². The molecule has 0 aromatic carbocycles. The summed E-state index contributed by atoms with van der Waals surface area (Å²) in [6.07, 6.45) is 0.299. The van der Waals surface area contributed by atoms with Gasteiger partial charge in [-0.25, -0.2) is 4.79 Å². The summed E-state index contributed by atoms with van der Waals surface area (Å²) in [5.74, 6) is -1.31. The Morgan fingerprint density at radius 1 is 1.44 bits per heavy atom. The highest BCUT2D eigenvalue weighted by Gasteiger charge is 2.38. The van der Waals surface area contributed by atoms with E-state index in [1.807, 2.05) is 13.8 Å². The Labute approximate surface area is 107 Å². The van der Waals surface area contributed by atoms with Gasteiger partial charge in [-0.2, -0.15) is 0 Å². The van der Waals surface area contributed by atoms with Crippen molar-refractivity contribution in [1.29, 1.82) is 0 Å². The molecule has 18 heavy (non-hydrogen) atoms. The Bertz CT molecular complexity index is 319. The normalized spacial score (nSPS) is 23.2. The van der Waals surface area contributed by atoms with Crippen LogP contribution in [0.2, 0.25) is 0 Å². The lowest BCUT2D eigenvalue weighted by atomic mass is 9.99. The van der Waals surface area contributed by atoms with Gasteiger partial charge in [0.1, 0.15) is 12.1 Å². The van der Waals surface area contributed by atoms with Gasteiger partial charge in [-0.1, -0.05) is 13.8 Å². The molecule has 0 aromatic rings. The van der Waals surface area contributed by atoms with Gasteiger partial charge in [-0.05, 0) is 25.2 Å². The number of likely N-dealkylation sites (tertiary alicyclic amines) is 1. The van der Waals surface area contributed by atoms with E-state index in [-0.39, 0.29) is 5.92 Å². The molecule has 1 amide bonds. The topological polar surface area (TPSA) is 104 Å². The highest BCUT2D eigenvalue weighted by molar-refractivity contribution is 5.87. The van der Waals surface area contributed by atoms with E-state index in [4.69, 9.17) is 10.8 Å². The maximum atomic E-state index is 12.0. The van der Waals surface area contributed by atoms with Crippen LogP contribution in [-0.2, 0) is 9.59 Å². The zero-order valence-corrected chi connectivity index (χ0v) is 10.9. The number of nitrogens with zero attached hydrogens (tertiary/aromatic N) is 1. The van der Waals surface area contributed by atoms with Gasteiger partial charge in [-0.15, -0.1) is 0 Å². The molecule has 0 bridgehead atoms. The third kappa shape index (κ3) is 3.43. The number of amides is 1. The molecule has 1 aliphatic heterocycles. The summed E-state index contributed by atoms with van der Waals surface area (Å²) in [5, 5.41) is 18.9. The first-order chi connectivity index (χ1) is 8.34. The van der Waals surface area contributed by atoms with Crippen molar-refractivity contribution in [3.8, 4) is 0 Å². The van der Waals surface area contributed by atoms with E-state index in [2.05, 4.69) is 0 Å². The summed E-state index contributed by atoms with van der Waals surface area (Å²) in [4.78, 5) is 24.2. The van der Waals surface area contributed by atoms with Gasteiger partial charge < -0.3 is 20.8 Å². The van der Waals surface area contributed by atoms with Gasteiger partial charge in [0.15, 0.2) is 0 Å². The molecule has 3 atom stereocenters. The number of carbonyl (C=O) groups excluding carboxylic acids is 1. The fourth-order valence-corrected chi connectivity index (χ4v) is 2.31. The van der Waals surface area contributed by atoms with Gasteiger partial charge in [0.25, 0.3) is 5.91 Å². The van der Waals surface area contributed by atoms with Gasteiger partial charge in [0.2, 0.25) is 0 Å². The van der Waals surface area contributed by atoms with E-state index in [0.29, 0.717) is 25.8 Å². The van der Waals surface area contributed by atoms with Crippen molar-refractivity contribution in [3.05, 3.63) is 0 Å². The van der Waals surface area contributed by atoms with Crippen molar-refractivity contribution >= 4 is 11.9 Å². The Balaban J connectivity index is 2.65. The number of aliphatic hydroxyl groups excluding tert-OH is 1. The highest BCUT2D eigenvalue weighted by atomic mass is 16.4. The third-order valence-electron chi connectivity index (χ3n) is 3.22. The average Bonchev–Trinajstić information content (AvgIpc) is 2.74. The van der Waals surface area contributed by atoms with Crippen molar-refractivity contribution in [1.82, 2.24) is 4.90 Å². The Morgan fingerprint density at radius 3 is 2.56 bits per heavy atom. The van der Waals surface area contributed by atoms with E-state index >= 15 is 0 Å². The zero-order valence-electron chi connectivity index (χ0n) is 10.9. The summed E-state index contributed by atoms with van der Waals surface area (Å²) < 4.78 is 0. The molecule has 0 saturated carbocycles. The van der Waals surface area contributed by atoms with E-state index in [0.717, 1.165) is 0 Å². The Kier molecular flexibility index (Phi) is 5.10. The molecule has 104 valence electrons. The van der Waals surface area contributed by atoms with Crippen LogP contribution in [0, 0.1) is 5.92 Å². The number of carbonyl (C=O) groups is 2. The molecule has 1 saturated heterocycles. The first kappa shape index (κ1) is 14.9. The Hall–Kier alpha value is -1.14. The fourth-order valence-electron chi connectivity index (χ4n) is 2.31. The molecular weight excluding hydrogens is 236 g/mol. The predicted octanol–water partition coefficient (Wildman–Crippen LogP) is -0.204. The van der Waals surface area contributed by atoms with Gasteiger partial charge in [-0.3, -0.25) is 4.79 Å². The van der Waals surface area contributed by atoms with Crippen molar-refractivity contribution in [2.45, 2.75) is 51.3 Å². The quantitative estimate of drug-likeness (QED) is 0.633. The standard InChI is InChI=1S/C12H22N2O4/c1-7(2)6-8(13)10(15)11(16)14-5-3-4-9(14)12(17)18/h7-10,15H,3-6,13H2,1-2H3,(H,17,18)/t8-,9-,10-/m0/s1. The number of carboxylic acid groups (broad SMARTS) is 1. The number of hydrogen-bond donors (Lipinski definition) is 3. The summed E-state index contributed by atoms with van der Waals surface area (Å²) >= 11 is 0. The molecule has 0 unspecified atom stereocenters. The summed E-state index contributed by atoms with van der Waals surface area (Å²) in [5.41, 5.74) is 5.76. The lowest BCUT2D eigenvalue weighted by molar-refractivity contribution is -0.152. The van der Waals surface area contributed by atoms with E-state index in [1.54, 1.807) is 0 Å². The van der Waals surface area contributed by atoms with Crippen molar-refractivity contribution < 1.29 is 19.8 Å². The third-order valence-corrected chi connectivity index (χ3v) is 3.22. The smallest absolute Gasteiger partial charge is 0.326 e. The molecule has 0 aliphatic carbocycles. The molecule has 6 heteroatoms. The summed E-state index contributed by atoms with van der Waals surface area (Å²) in [7, 11) is 0. The minimum absolute atomic E-state index is 0.274. The Morgan fingerprint density at radius 2 is 2.06 bits per heavy atom. The molecule has 1 heterocycles. The molecular formula is C12H22N2O4. The van der Waals surface area contributed by atoms with E-state index in [9.17, 15) is 14.7 Å². The minimum Gasteiger partial charge on any atom is -0.480 e. The number of aliphatic hydroxyl groups is 1. The van der Waals surface area contributed by atoms with Crippen molar-refractivity contribution in [2.75, 3.05) is 6.54 Å². The monoisotopic (exact) mass is 258 g/mol. The number of carboxylic acids is 1. The molecule has 4 N–H and O–H groups in total. The highest BCUT2D eigenvalue weighted by Crippen LogP contribution is 2.19. The second-order valence-corrected chi connectivity index (χ2v) is 5.27. The maximum absolute atomic E-state index is 12.0. The van der Waals surface area contributed by atoms with Crippen LogP contribution >= 0.6 is 0 Å². The summed E-state index contributed by atoms with van der Waals surface area (Å²) in [6, 6.07) is -1.47. The second kappa shape index (κ2) is 6.15. The molecule has 1 fully saturated rings. The first-order valence-corrected chi connectivity index (χ1v) is 6.31. The average molecular weight is 258 g/mol. The van der Waals surface area contributed by atoms with Crippen LogP contribution in [0.4, 0.5) is 0 Å². The van der Waals surface area contributed by atoms with Crippen molar-refractivity contribution in [3.63, 3.8) is 0 Å². The molecule has 0 aromatic heterocycles. The SMILES string of the molecule is CC(C)C[C@H](N)[C@H](O)C(=O)N1CCC[C@H]1C(=O)O. The van der Waals surface area contributed by atoms with E-state index < -0.39 is 30.1 Å². The van der Waals surface area contributed by atoms with Gasteiger partial charge in [0.05, 0.1) is 0 Å². The lowest BCUT2D eigenvalue weighted by Gasteiger charge is -2.27. The summed E-state index contributed by atoms with van der Waals surface area (Å²) in [6.45, 7) is 4.28. The number of aliphatic carboxylic acids is 1. The second-order valence-electron chi connectivity index (χ2n) is 5.27. The molecule has 1 aliphatic rings. The molecule has 0 spiro atoms. The van der Waals surface area contributed by atoms with Gasteiger partial charge >= 0.3 is 5.97 Å².